The fourth-order valence-corrected chi connectivity index (χ4v) is 5.03. The number of hydrogen-bond acceptors (Lipinski definition) is 4. The Kier molecular flexibility index (Phi) is 4.50. The lowest BCUT2D eigenvalue weighted by molar-refractivity contribution is 0.0646. The number of alkyl halides is 1. The Labute approximate surface area is 184 Å². The number of piperidine rings is 1. The van der Waals surface area contributed by atoms with Gasteiger partial charge in [-0.05, 0) is 42.5 Å². The number of para-hydroxylation sites is 1. The van der Waals surface area contributed by atoms with Crippen molar-refractivity contribution in [1.82, 2.24) is 9.55 Å². The summed E-state index contributed by atoms with van der Waals surface area (Å²) in [5.74, 6) is 0.214. The third-order valence-corrected chi connectivity index (χ3v) is 6.89. The molecule has 2 aromatic heterocycles. The Hall–Kier alpha value is -3.25. The van der Waals surface area contributed by atoms with Gasteiger partial charge in [0.1, 0.15) is 12.3 Å². The van der Waals surface area contributed by atoms with Crippen molar-refractivity contribution < 1.29 is 9.50 Å². The molecule has 5 nitrogen and oxygen atoms in total. The SMILES string of the molecule is O=c1c2c(N3CC[C@@H](F)[C@H](O)C3)cccc2ccn1[C@@H]1CC1c1ccc2ccccc2n1. The monoisotopic (exact) mass is 429 g/mol. The molecule has 6 rings (SSSR count). The number of aromatic nitrogens is 2. The zero-order valence-corrected chi connectivity index (χ0v) is 17.6. The Morgan fingerprint density at radius 1 is 1.00 bits per heavy atom. The lowest BCUT2D eigenvalue weighted by Crippen LogP contribution is -2.45. The highest BCUT2D eigenvalue weighted by molar-refractivity contribution is 5.93. The molecule has 1 saturated carbocycles. The van der Waals surface area contributed by atoms with Gasteiger partial charge in [0.25, 0.3) is 5.56 Å². The van der Waals surface area contributed by atoms with Crippen molar-refractivity contribution in [2.24, 2.45) is 0 Å². The molecule has 1 N–H and O–H groups in total. The molecule has 0 bridgehead atoms. The molecule has 1 unspecified atom stereocenters. The van der Waals surface area contributed by atoms with Gasteiger partial charge in [-0.15, -0.1) is 0 Å². The molecule has 0 spiro atoms. The highest BCUT2D eigenvalue weighted by Gasteiger charge is 2.42. The first-order valence-corrected chi connectivity index (χ1v) is 11.2. The van der Waals surface area contributed by atoms with Crippen LogP contribution in [-0.4, -0.2) is 40.0 Å². The first-order chi connectivity index (χ1) is 15.6. The normalized spacial score (nSPS) is 25.4. The lowest BCUT2D eigenvalue weighted by atomic mass is 10.0. The molecule has 32 heavy (non-hydrogen) atoms. The van der Waals surface area contributed by atoms with Gasteiger partial charge in [0, 0.05) is 42.3 Å². The third kappa shape index (κ3) is 3.17. The van der Waals surface area contributed by atoms with Crippen LogP contribution in [0.4, 0.5) is 10.1 Å². The molecule has 0 radical (unpaired) electrons. The van der Waals surface area contributed by atoms with E-state index in [0.29, 0.717) is 11.9 Å². The summed E-state index contributed by atoms with van der Waals surface area (Å²) in [6.45, 7) is 0.681. The van der Waals surface area contributed by atoms with E-state index in [9.17, 15) is 14.3 Å². The van der Waals surface area contributed by atoms with Crippen LogP contribution in [-0.2, 0) is 0 Å². The fourth-order valence-electron chi connectivity index (χ4n) is 5.03. The van der Waals surface area contributed by atoms with E-state index >= 15 is 0 Å². The highest BCUT2D eigenvalue weighted by Crippen LogP contribution is 2.50. The van der Waals surface area contributed by atoms with Crippen molar-refractivity contribution in [2.75, 3.05) is 18.0 Å². The second-order valence-corrected chi connectivity index (χ2v) is 8.93. The van der Waals surface area contributed by atoms with Crippen LogP contribution in [0.25, 0.3) is 21.7 Å². The molecule has 2 fully saturated rings. The molecule has 0 amide bonds. The van der Waals surface area contributed by atoms with Gasteiger partial charge in [0.15, 0.2) is 0 Å². The summed E-state index contributed by atoms with van der Waals surface area (Å²) in [5, 5.41) is 12.6. The number of rotatable bonds is 3. The maximum atomic E-state index is 13.8. The minimum absolute atomic E-state index is 0.0387. The van der Waals surface area contributed by atoms with E-state index in [1.54, 1.807) is 0 Å². The zero-order valence-electron chi connectivity index (χ0n) is 17.6. The Morgan fingerprint density at radius 2 is 1.84 bits per heavy atom. The number of aliphatic hydroxyl groups is 1. The van der Waals surface area contributed by atoms with Gasteiger partial charge < -0.3 is 14.6 Å². The molecule has 2 aromatic carbocycles. The van der Waals surface area contributed by atoms with Crippen LogP contribution < -0.4 is 10.5 Å². The smallest absolute Gasteiger partial charge is 0.260 e. The Balaban J connectivity index is 1.36. The summed E-state index contributed by atoms with van der Waals surface area (Å²) in [5.41, 5.74) is 2.72. The average molecular weight is 429 g/mol. The first-order valence-electron chi connectivity index (χ1n) is 11.2. The standard InChI is InChI=1S/C26H24FN3O2/c27-19-11-12-29(15-24(19)31)22-7-3-5-17-10-13-30(26(32)25(17)22)23-14-18(23)21-9-8-16-4-1-2-6-20(16)28-21/h1-10,13,18-19,23-24,31H,11-12,14-15H2/t18?,19-,23-,24-/m1/s1. The van der Waals surface area contributed by atoms with Gasteiger partial charge >= 0.3 is 0 Å². The molecule has 1 aliphatic carbocycles. The number of nitrogens with zero attached hydrogens (tertiary/aromatic N) is 3. The summed E-state index contributed by atoms with van der Waals surface area (Å²) in [7, 11) is 0. The van der Waals surface area contributed by atoms with Gasteiger partial charge in [-0.25, -0.2) is 4.39 Å². The number of benzene rings is 2. The van der Waals surface area contributed by atoms with Crippen LogP contribution in [0.15, 0.2) is 71.7 Å². The molecular formula is C26H24FN3O2. The predicted molar refractivity (Wildman–Crippen MR) is 124 cm³/mol. The van der Waals surface area contributed by atoms with E-state index in [1.165, 1.54) is 0 Å². The van der Waals surface area contributed by atoms with E-state index in [0.717, 1.165) is 34.1 Å². The van der Waals surface area contributed by atoms with E-state index in [1.807, 2.05) is 58.1 Å². The number of anilines is 1. The molecule has 1 aliphatic heterocycles. The van der Waals surface area contributed by atoms with Gasteiger partial charge in [-0.1, -0.05) is 36.4 Å². The molecular weight excluding hydrogens is 405 g/mol. The molecule has 1 saturated heterocycles. The molecule has 2 aliphatic rings. The van der Waals surface area contributed by atoms with Crippen molar-refractivity contribution in [3.63, 3.8) is 0 Å². The zero-order chi connectivity index (χ0) is 21.8. The van der Waals surface area contributed by atoms with Crippen molar-refractivity contribution in [3.05, 3.63) is 82.9 Å². The highest BCUT2D eigenvalue weighted by atomic mass is 19.1. The summed E-state index contributed by atoms with van der Waals surface area (Å²) >= 11 is 0. The van der Waals surface area contributed by atoms with Crippen molar-refractivity contribution in [3.8, 4) is 0 Å². The van der Waals surface area contributed by atoms with Crippen molar-refractivity contribution in [2.45, 2.75) is 37.1 Å². The van der Waals surface area contributed by atoms with Crippen molar-refractivity contribution >= 4 is 27.4 Å². The number of hydrogen-bond donors (Lipinski definition) is 1. The number of halogens is 1. The van der Waals surface area contributed by atoms with Gasteiger partial charge in [-0.3, -0.25) is 9.78 Å². The Morgan fingerprint density at radius 3 is 2.72 bits per heavy atom. The fraction of sp³-hybridized carbons (Fsp3) is 0.308. The minimum atomic E-state index is -1.21. The number of pyridine rings is 2. The number of β-amino-alcohol motifs (C(OH)–C–C–N with tert-alkyl or cyclic N) is 1. The van der Waals surface area contributed by atoms with E-state index in [2.05, 4.69) is 18.2 Å². The number of fused-ring (bicyclic) bond motifs is 2. The van der Waals surface area contributed by atoms with Crippen LogP contribution in [0.1, 0.15) is 30.5 Å². The van der Waals surface area contributed by atoms with Gasteiger partial charge in [0.05, 0.1) is 16.6 Å². The quantitative estimate of drug-likeness (QED) is 0.531. The first kappa shape index (κ1) is 19.4. The van der Waals surface area contributed by atoms with Crippen LogP contribution in [0.3, 0.4) is 0 Å². The van der Waals surface area contributed by atoms with Crippen molar-refractivity contribution in [1.29, 1.82) is 0 Å². The molecule has 4 aromatic rings. The van der Waals surface area contributed by atoms with Crippen LogP contribution in [0.5, 0.6) is 0 Å². The molecule has 6 heteroatoms. The van der Waals surface area contributed by atoms with Crippen LogP contribution in [0, 0.1) is 0 Å². The van der Waals surface area contributed by atoms with Crippen LogP contribution >= 0.6 is 0 Å². The summed E-state index contributed by atoms with van der Waals surface area (Å²) < 4.78 is 15.6. The third-order valence-electron chi connectivity index (χ3n) is 6.89. The van der Waals surface area contributed by atoms with Crippen LogP contribution in [0.2, 0.25) is 0 Å². The Bertz CT molecular complexity index is 1380. The van der Waals surface area contributed by atoms with Gasteiger partial charge in [-0.2, -0.15) is 0 Å². The largest absolute Gasteiger partial charge is 0.388 e. The van der Waals surface area contributed by atoms with E-state index in [4.69, 9.17) is 4.98 Å². The summed E-state index contributed by atoms with van der Waals surface area (Å²) in [6, 6.07) is 20.0. The maximum Gasteiger partial charge on any atom is 0.260 e. The van der Waals surface area contributed by atoms with Gasteiger partial charge in [0.2, 0.25) is 0 Å². The second-order valence-electron chi connectivity index (χ2n) is 8.93. The maximum absolute atomic E-state index is 13.8. The van der Waals surface area contributed by atoms with E-state index < -0.39 is 12.3 Å². The minimum Gasteiger partial charge on any atom is -0.388 e. The summed E-state index contributed by atoms with van der Waals surface area (Å²) in [6.07, 6.45) is 0.779. The topological polar surface area (TPSA) is 58.4 Å². The molecule has 4 atom stereocenters. The van der Waals surface area contributed by atoms with E-state index in [-0.39, 0.29) is 30.5 Å². The predicted octanol–water partition coefficient (Wildman–Crippen LogP) is 4.19. The molecule has 162 valence electrons. The summed E-state index contributed by atoms with van der Waals surface area (Å²) in [4.78, 5) is 20.3. The number of aliphatic hydroxyl groups excluding tert-OH is 1. The second kappa shape index (κ2) is 7.41. The molecule has 3 heterocycles. The lowest BCUT2D eigenvalue weighted by Gasteiger charge is -2.34. The average Bonchev–Trinajstić information content (AvgIpc) is 3.61.